The van der Waals surface area contributed by atoms with E-state index in [9.17, 15) is 12.8 Å². The topological polar surface area (TPSA) is 34.1 Å². The molecular weight excluding hydrogens is 335 g/mol. The summed E-state index contributed by atoms with van der Waals surface area (Å²) < 4.78 is 38.9. The molecule has 3 aromatic rings. The molecule has 0 N–H and O–H groups in total. The summed E-state index contributed by atoms with van der Waals surface area (Å²) in [5.74, 6) is -0.363. The molecule has 0 radical (unpaired) electrons. The molecule has 0 saturated heterocycles. The zero-order chi connectivity index (χ0) is 17.9. The second kappa shape index (κ2) is 7.03. The van der Waals surface area contributed by atoms with Crippen molar-refractivity contribution >= 4 is 15.4 Å². The van der Waals surface area contributed by atoms with E-state index in [0.29, 0.717) is 11.1 Å². The van der Waals surface area contributed by atoms with Crippen molar-refractivity contribution in [2.75, 3.05) is 0 Å². The van der Waals surface area contributed by atoms with Crippen molar-refractivity contribution in [3.63, 3.8) is 0 Å². The first-order valence-electron chi connectivity index (χ1n) is 7.80. The molecule has 0 bridgehead atoms. The molecular formula is C21H17FO2S. The number of hydrogen-bond acceptors (Lipinski definition) is 2. The first-order chi connectivity index (χ1) is 12.0. The van der Waals surface area contributed by atoms with E-state index in [1.165, 1.54) is 17.5 Å². The Bertz CT molecular complexity index is 988. The Morgan fingerprint density at radius 1 is 0.800 bits per heavy atom. The fourth-order valence-electron chi connectivity index (χ4n) is 2.50. The smallest absolute Gasteiger partial charge is 0.200 e. The predicted octanol–water partition coefficient (Wildman–Crippen LogP) is 5.00. The second-order valence-corrected chi connectivity index (χ2v) is 7.56. The van der Waals surface area contributed by atoms with Crippen molar-refractivity contribution in [3.05, 3.63) is 107 Å². The molecule has 0 spiro atoms. The fourth-order valence-corrected chi connectivity index (χ4v) is 3.74. The Hall–Kier alpha value is -2.72. The standard InChI is InChI=1S/C21H17FO2S/c1-16-7-13-20(14-8-16)25(23,24)15-21(17-5-3-2-4-6-17)18-9-11-19(22)12-10-18/h2-15H,1H3/b21-15+. The predicted molar refractivity (Wildman–Crippen MR) is 98.3 cm³/mol. The summed E-state index contributed by atoms with van der Waals surface area (Å²) >= 11 is 0. The zero-order valence-corrected chi connectivity index (χ0v) is 14.5. The highest BCUT2D eigenvalue weighted by Gasteiger charge is 2.15. The van der Waals surface area contributed by atoms with E-state index in [1.807, 2.05) is 37.3 Å². The third kappa shape index (κ3) is 4.03. The van der Waals surface area contributed by atoms with Gasteiger partial charge in [0.15, 0.2) is 9.84 Å². The summed E-state index contributed by atoms with van der Waals surface area (Å²) in [5.41, 5.74) is 2.92. The highest BCUT2D eigenvalue weighted by atomic mass is 32.2. The Morgan fingerprint density at radius 3 is 1.96 bits per heavy atom. The second-order valence-electron chi connectivity index (χ2n) is 5.76. The van der Waals surface area contributed by atoms with Gasteiger partial charge in [0.25, 0.3) is 0 Å². The van der Waals surface area contributed by atoms with Crippen molar-refractivity contribution in [1.82, 2.24) is 0 Å². The maximum Gasteiger partial charge on any atom is 0.200 e. The minimum atomic E-state index is -3.64. The minimum absolute atomic E-state index is 0.230. The van der Waals surface area contributed by atoms with Gasteiger partial charge in [-0.15, -0.1) is 0 Å². The van der Waals surface area contributed by atoms with E-state index in [2.05, 4.69) is 0 Å². The lowest BCUT2D eigenvalue weighted by Gasteiger charge is -2.09. The van der Waals surface area contributed by atoms with Gasteiger partial charge in [-0.25, -0.2) is 12.8 Å². The molecule has 0 unspecified atom stereocenters. The first-order valence-corrected chi connectivity index (χ1v) is 9.35. The van der Waals surface area contributed by atoms with Crippen LogP contribution in [-0.4, -0.2) is 8.42 Å². The Balaban J connectivity index is 2.15. The van der Waals surface area contributed by atoms with Crippen LogP contribution in [0.25, 0.3) is 5.57 Å². The molecule has 0 aliphatic rings. The van der Waals surface area contributed by atoms with E-state index in [4.69, 9.17) is 0 Å². The third-order valence-electron chi connectivity index (χ3n) is 3.86. The number of hydrogen-bond donors (Lipinski definition) is 0. The number of aryl methyl sites for hydroxylation is 1. The third-order valence-corrected chi connectivity index (χ3v) is 5.34. The molecule has 3 rings (SSSR count). The van der Waals surface area contributed by atoms with Crippen LogP contribution in [-0.2, 0) is 9.84 Å². The molecule has 0 saturated carbocycles. The van der Waals surface area contributed by atoms with Crippen LogP contribution in [0.2, 0.25) is 0 Å². The normalized spacial score (nSPS) is 12.2. The van der Waals surface area contributed by atoms with Crippen LogP contribution in [0.5, 0.6) is 0 Å². The Kier molecular flexibility index (Phi) is 4.81. The van der Waals surface area contributed by atoms with Gasteiger partial charge in [0.05, 0.1) is 4.90 Å². The highest BCUT2D eigenvalue weighted by Crippen LogP contribution is 2.27. The summed E-state index contributed by atoms with van der Waals surface area (Å²) in [7, 11) is -3.64. The van der Waals surface area contributed by atoms with Gasteiger partial charge in [-0.1, -0.05) is 60.2 Å². The van der Waals surface area contributed by atoms with E-state index < -0.39 is 9.84 Å². The van der Waals surface area contributed by atoms with Crippen LogP contribution in [0.4, 0.5) is 4.39 Å². The lowest BCUT2D eigenvalue weighted by atomic mass is 10.00. The quantitative estimate of drug-likeness (QED) is 0.662. The molecule has 0 aliphatic carbocycles. The highest BCUT2D eigenvalue weighted by molar-refractivity contribution is 7.94. The van der Waals surface area contributed by atoms with Crippen LogP contribution in [0.3, 0.4) is 0 Å². The molecule has 0 fully saturated rings. The molecule has 25 heavy (non-hydrogen) atoms. The van der Waals surface area contributed by atoms with Gasteiger partial charge >= 0.3 is 0 Å². The molecule has 4 heteroatoms. The van der Waals surface area contributed by atoms with Crippen molar-refractivity contribution < 1.29 is 12.8 Å². The van der Waals surface area contributed by atoms with E-state index in [0.717, 1.165) is 11.1 Å². The van der Waals surface area contributed by atoms with E-state index in [-0.39, 0.29) is 10.7 Å². The maximum absolute atomic E-state index is 13.3. The molecule has 126 valence electrons. The number of sulfone groups is 1. The van der Waals surface area contributed by atoms with Gasteiger partial charge in [-0.3, -0.25) is 0 Å². The monoisotopic (exact) mass is 352 g/mol. The molecule has 0 heterocycles. The van der Waals surface area contributed by atoms with Gasteiger partial charge in [-0.2, -0.15) is 0 Å². The van der Waals surface area contributed by atoms with Crippen LogP contribution in [0, 0.1) is 12.7 Å². The molecule has 0 atom stereocenters. The van der Waals surface area contributed by atoms with Gasteiger partial charge in [0.2, 0.25) is 0 Å². The molecule has 0 aliphatic heterocycles. The SMILES string of the molecule is Cc1ccc(S(=O)(=O)/C=C(\c2ccccc2)c2ccc(F)cc2)cc1. The lowest BCUT2D eigenvalue weighted by Crippen LogP contribution is -1.99. The van der Waals surface area contributed by atoms with E-state index in [1.54, 1.807) is 36.4 Å². The number of benzene rings is 3. The fraction of sp³-hybridized carbons (Fsp3) is 0.0476. The molecule has 2 nitrogen and oxygen atoms in total. The van der Waals surface area contributed by atoms with Crippen molar-refractivity contribution in [2.24, 2.45) is 0 Å². The zero-order valence-electron chi connectivity index (χ0n) is 13.7. The van der Waals surface area contributed by atoms with Crippen LogP contribution in [0.15, 0.2) is 89.2 Å². The van der Waals surface area contributed by atoms with E-state index >= 15 is 0 Å². The average Bonchev–Trinajstić information content (AvgIpc) is 2.62. The minimum Gasteiger partial charge on any atom is -0.219 e. The Labute approximate surface area is 147 Å². The summed E-state index contributed by atoms with van der Waals surface area (Å²) in [6.45, 7) is 1.90. The Morgan fingerprint density at radius 2 is 1.36 bits per heavy atom. The molecule has 0 amide bonds. The summed E-state index contributed by atoms with van der Waals surface area (Å²) in [6.07, 6.45) is 0. The van der Waals surface area contributed by atoms with Gasteiger partial charge in [-0.05, 0) is 42.3 Å². The molecule has 0 aromatic heterocycles. The van der Waals surface area contributed by atoms with Crippen molar-refractivity contribution in [3.8, 4) is 0 Å². The number of rotatable bonds is 4. The number of halogens is 1. The maximum atomic E-state index is 13.3. The average molecular weight is 352 g/mol. The van der Waals surface area contributed by atoms with Crippen LogP contribution >= 0.6 is 0 Å². The van der Waals surface area contributed by atoms with Gasteiger partial charge in [0, 0.05) is 11.0 Å². The summed E-state index contributed by atoms with van der Waals surface area (Å²) in [6, 6.07) is 21.7. The van der Waals surface area contributed by atoms with Gasteiger partial charge in [0.1, 0.15) is 5.82 Å². The first kappa shape index (κ1) is 17.1. The van der Waals surface area contributed by atoms with Crippen molar-refractivity contribution in [2.45, 2.75) is 11.8 Å². The van der Waals surface area contributed by atoms with Crippen LogP contribution in [0.1, 0.15) is 16.7 Å². The summed E-state index contributed by atoms with van der Waals surface area (Å²) in [5, 5.41) is 1.25. The lowest BCUT2D eigenvalue weighted by molar-refractivity contribution is 0.604. The molecule has 3 aromatic carbocycles. The van der Waals surface area contributed by atoms with Crippen molar-refractivity contribution in [1.29, 1.82) is 0 Å². The summed E-state index contributed by atoms with van der Waals surface area (Å²) in [4.78, 5) is 0.230. The largest absolute Gasteiger partial charge is 0.219 e. The van der Waals surface area contributed by atoms with Gasteiger partial charge < -0.3 is 0 Å². The van der Waals surface area contributed by atoms with Crippen LogP contribution < -0.4 is 0 Å².